The first kappa shape index (κ1) is 14.9. The molecule has 0 bridgehead atoms. The summed E-state index contributed by atoms with van der Waals surface area (Å²) < 4.78 is 1.81. The smallest absolute Gasteiger partial charge is 0.0642 e. The van der Waals surface area contributed by atoms with Crippen LogP contribution >= 0.6 is 11.6 Å². The van der Waals surface area contributed by atoms with E-state index in [9.17, 15) is 0 Å². The molecule has 0 fully saturated rings. The maximum absolute atomic E-state index is 6.41. The van der Waals surface area contributed by atoms with E-state index in [4.69, 9.17) is 11.6 Å². The molecule has 0 spiro atoms. The zero-order valence-corrected chi connectivity index (χ0v) is 13.1. The number of aryl methyl sites for hydroxylation is 1. The van der Waals surface area contributed by atoms with Crippen molar-refractivity contribution in [3.63, 3.8) is 0 Å². The third kappa shape index (κ3) is 3.32. The third-order valence-corrected chi connectivity index (χ3v) is 3.80. The molecule has 0 saturated carbocycles. The molecule has 108 valence electrons. The molecule has 0 radical (unpaired) electrons. The van der Waals surface area contributed by atoms with Gasteiger partial charge in [-0.2, -0.15) is 5.10 Å². The molecule has 1 aromatic heterocycles. The van der Waals surface area contributed by atoms with E-state index in [-0.39, 0.29) is 0 Å². The van der Waals surface area contributed by atoms with E-state index >= 15 is 0 Å². The molecule has 1 aromatic carbocycles. The zero-order valence-electron chi connectivity index (χ0n) is 12.4. The Hall–Kier alpha value is -1.52. The van der Waals surface area contributed by atoms with Gasteiger partial charge in [-0.25, -0.2) is 0 Å². The van der Waals surface area contributed by atoms with Gasteiger partial charge in [0, 0.05) is 38.4 Å². The predicted octanol–water partition coefficient (Wildman–Crippen LogP) is 2.99. The van der Waals surface area contributed by atoms with Crippen molar-refractivity contribution in [2.24, 2.45) is 7.05 Å². The second-order valence-corrected chi connectivity index (χ2v) is 5.51. The molecule has 1 atom stereocenters. The van der Waals surface area contributed by atoms with Crippen molar-refractivity contribution in [1.29, 1.82) is 0 Å². The van der Waals surface area contributed by atoms with E-state index in [1.165, 1.54) is 11.1 Å². The fourth-order valence-electron chi connectivity index (χ4n) is 2.18. The van der Waals surface area contributed by atoms with Crippen LogP contribution in [0.5, 0.6) is 0 Å². The molecule has 1 N–H and O–H groups in total. The van der Waals surface area contributed by atoms with Crippen LogP contribution in [0.1, 0.15) is 24.1 Å². The summed E-state index contributed by atoms with van der Waals surface area (Å²) in [7, 11) is 5.90. The number of hydrogen-bond acceptors (Lipinski definition) is 3. The zero-order chi connectivity index (χ0) is 14.7. The first-order chi connectivity index (χ1) is 9.51. The fraction of sp³-hybridized carbons (Fsp3) is 0.400. The van der Waals surface area contributed by atoms with E-state index in [1.807, 2.05) is 44.3 Å². The minimum atomic E-state index is 0.296. The van der Waals surface area contributed by atoms with Crippen molar-refractivity contribution in [3.05, 3.63) is 46.7 Å². The predicted molar refractivity (Wildman–Crippen MR) is 84.2 cm³/mol. The van der Waals surface area contributed by atoms with Crippen molar-refractivity contribution in [2.75, 3.05) is 19.0 Å². The summed E-state index contributed by atoms with van der Waals surface area (Å²) in [5.74, 6) is 0. The van der Waals surface area contributed by atoms with Gasteiger partial charge in [0.15, 0.2) is 0 Å². The van der Waals surface area contributed by atoms with Crippen LogP contribution in [0.15, 0.2) is 30.6 Å². The van der Waals surface area contributed by atoms with Crippen LogP contribution in [-0.2, 0) is 13.6 Å². The van der Waals surface area contributed by atoms with Crippen LogP contribution in [0.2, 0.25) is 5.02 Å². The highest BCUT2D eigenvalue weighted by Gasteiger charge is 2.10. The van der Waals surface area contributed by atoms with E-state index in [1.54, 1.807) is 0 Å². The maximum atomic E-state index is 6.41. The summed E-state index contributed by atoms with van der Waals surface area (Å²) >= 11 is 6.41. The summed E-state index contributed by atoms with van der Waals surface area (Å²) in [6, 6.07) is 6.51. The number of benzene rings is 1. The Morgan fingerprint density at radius 1 is 1.45 bits per heavy atom. The molecule has 0 aliphatic heterocycles. The van der Waals surface area contributed by atoms with E-state index < -0.39 is 0 Å². The second kappa shape index (κ2) is 6.29. The molecule has 1 unspecified atom stereocenters. The Morgan fingerprint density at radius 2 is 2.20 bits per heavy atom. The Bertz CT molecular complexity index is 579. The lowest BCUT2D eigenvalue weighted by molar-refractivity contribution is 0.652. The Kier molecular flexibility index (Phi) is 4.68. The first-order valence-corrected chi connectivity index (χ1v) is 7.04. The van der Waals surface area contributed by atoms with Gasteiger partial charge in [-0.3, -0.25) is 4.68 Å². The van der Waals surface area contributed by atoms with Gasteiger partial charge in [0.25, 0.3) is 0 Å². The average molecular weight is 293 g/mol. The molecule has 20 heavy (non-hydrogen) atoms. The number of nitrogens with one attached hydrogen (secondary N) is 1. The monoisotopic (exact) mass is 292 g/mol. The van der Waals surface area contributed by atoms with Gasteiger partial charge >= 0.3 is 0 Å². The van der Waals surface area contributed by atoms with Crippen molar-refractivity contribution >= 4 is 17.3 Å². The molecule has 4 nitrogen and oxygen atoms in total. The number of anilines is 1. The van der Waals surface area contributed by atoms with Gasteiger partial charge in [0.1, 0.15) is 0 Å². The molecular formula is C15H21ClN4. The third-order valence-electron chi connectivity index (χ3n) is 3.49. The highest BCUT2D eigenvalue weighted by Crippen LogP contribution is 2.29. The lowest BCUT2D eigenvalue weighted by atomic mass is 10.1. The van der Waals surface area contributed by atoms with Gasteiger partial charge in [-0.15, -0.1) is 0 Å². The number of rotatable bonds is 5. The van der Waals surface area contributed by atoms with Crippen LogP contribution in [-0.4, -0.2) is 23.9 Å². The fourth-order valence-corrected chi connectivity index (χ4v) is 2.51. The first-order valence-electron chi connectivity index (χ1n) is 6.66. The molecular weight excluding hydrogens is 272 g/mol. The Labute approximate surface area is 125 Å². The van der Waals surface area contributed by atoms with Crippen molar-refractivity contribution in [3.8, 4) is 0 Å². The summed E-state index contributed by atoms with van der Waals surface area (Å²) in [6.45, 7) is 2.90. The molecule has 0 aliphatic rings. The Balaban J connectivity index is 2.15. The lowest BCUT2D eigenvalue weighted by Crippen LogP contribution is -2.17. The molecule has 1 heterocycles. The second-order valence-electron chi connectivity index (χ2n) is 5.10. The SMILES string of the molecule is CNC(C)c1ccc(N(C)Cc2cnn(C)c2)c(Cl)c1. The quantitative estimate of drug-likeness (QED) is 0.920. The van der Waals surface area contributed by atoms with Gasteiger partial charge in [0.05, 0.1) is 16.9 Å². The summed E-state index contributed by atoms with van der Waals surface area (Å²) in [5.41, 5.74) is 3.39. The molecule has 0 saturated heterocycles. The van der Waals surface area contributed by atoms with Crippen LogP contribution in [0.4, 0.5) is 5.69 Å². The summed E-state index contributed by atoms with van der Waals surface area (Å²) in [6.07, 6.45) is 3.89. The lowest BCUT2D eigenvalue weighted by Gasteiger charge is -2.21. The standard InChI is InChI=1S/C15H21ClN4/c1-11(17-2)13-5-6-15(14(16)7-13)19(3)9-12-8-18-20(4)10-12/h5-8,10-11,17H,9H2,1-4H3. The molecule has 5 heteroatoms. The van der Waals surface area contributed by atoms with Crippen molar-refractivity contribution < 1.29 is 0 Å². The van der Waals surface area contributed by atoms with Gasteiger partial charge in [-0.05, 0) is 31.7 Å². The van der Waals surface area contributed by atoms with Crippen LogP contribution < -0.4 is 10.2 Å². The Morgan fingerprint density at radius 3 is 2.75 bits per heavy atom. The highest BCUT2D eigenvalue weighted by molar-refractivity contribution is 6.33. The van der Waals surface area contributed by atoms with E-state index in [2.05, 4.69) is 34.4 Å². The van der Waals surface area contributed by atoms with E-state index in [0.717, 1.165) is 17.3 Å². The number of halogens is 1. The van der Waals surface area contributed by atoms with Crippen LogP contribution in [0.25, 0.3) is 0 Å². The summed E-state index contributed by atoms with van der Waals surface area (Å²) in [4.78, 5) is 2.13. The summed E-state index contributed by atoms with van der Waals surface area (Å²) in [5, 5.41) is 8.17. The van der Waals surface area contributed by atoms with Gasteiger partial charge in [-0.1, -0.05) is 17.7 Å². The topological polar surface area (TPSA) is 33.1 Å². The molecule has 0 aliphatic carbocycles. The minimum absolute atomic E-state index is 0.296. The van der Waals surface area contributed by atoms with E-state index in [0.29, 0.717) is 6.04 Å². The van der Waals surface area contributed by atoms with Crippen LogP contribution in [0.3, 0.4) is 0 Å². The van der Waals surface area contributed by atoms with Crippen LogP contribution in [0, 0.1) is 0 Å². The normalized spacial score (nSPS) is 12.4. The van der Waals surface area contributed by atoms with Gasteiger partial charge in [0.2, 0.25) is 0 Å². The molecule has 2 rings (SSSR count). The highest BCUT2D eigenvalue weighted by atomic mass is 35.5. The number of nitrogens with zero attached hydrogens (tertiary/aromatic N) is 3. The maximum Gasteiger partial charge on any atom is 0.0642 e. The minimum Gasteiger partial charge on any atom is -0.369 e. The molecule has 0 amide bonds. The van der Waals surface area contributed by atoms with Crippen molar-refractivity contribution in [1.82, 2.24) is 15.1 Å². The largest absolute Gasteiger partial charge is 0.369 e. The molecule has 2 aromatic rings. The average Bonchev–Trinajstić information content (AvgIpc) is 2.82. The van der Waals surface area contributed by atoms with Crippen molar-refractivity contribution in [2.45, 2.75) is 19.5 Å². The number of aromatic nitrogens is 2. The number of hydrogen-bond donors (Lipinski definition) is 1. The van der Waals surface area contributed by atoms with Gasteiger partial charge < -0.3 is 10.2 Å².